The number of amides is 1. The molecule has 0 bridgehead atoms. The van der Waals surface area contributed by atoms with Gasteiger partial charge in [-0.3, -0.25) is 18.5 Å². The van der Waals surface area contributed by atoms with Gasteiger partial charge in [0, 0.05) is 13.1 Å². The number of azo groups is 1. The van der Waals surface area contributed by atoms with Crippen molar-refractivity contribution in [2.75, 3.05) is 41.5 Å². The number of nitrogens with zero attached hydrogens (tertiary/aromatic N) is 8. The van der Waals surface area contributed by atoms with Crippen LogP contribution in [0.15, 0.2) is 60.3 Å². The molecule has 3 aromatic rings. The zero-order chi connectivity index (χ0) is 35.2. The lowest BCUT2D eigenvalue weighted by molar-refractivity contribution is -0.117. The highest BCUT2D eigenvalue weighted by molar-refractivity contribution is 7.86. The number of halogens is 2. The third kappa shape index (κ3) is 7.68. The summed E-state index contributed by atoms with van der Waals surface area (Å²) in [6.45, 7) is 2.80. The molecule has 0 saturated carbocycles. The van der Waals surface area contributed by atoms with Crippen LogP contribution in [-0.4, -0.2) is 97.8 Å². The van der Waals surface area contributed by atoms with Crippen LogP contribution in [0.5, 0.6) is 0 Å². The molecule has 20 nitrogen and oxygen atoms in total. The van der Waals surface area contributed by atoms with Gasteiger partial charge >= 0.3 is 0 Å². The van der Waals surface area contributed by atoms with Gasteiger partial charge in [0.15, 0.2) is 6.04 Å². The molecule has 2 aromatic carbocycles. The Balaban J connectivity index is 1.53. The Morgan fingerprint density at radius 1 is 0.917 bits per heavy atom. The van der Waals surface area contributed by atoms with Crippen LogP contribution >= 0.6 is 23.2 Å². The highest BCUT2D eigenvalue weighted by Crippen LogP contribution is 2.37. The minimum Gasteiger partial charge on any atom is -0.378 e. The van der Waals surface area contributed by atoms with Gasteiger partial charge in [0.25, 0.3) is 36.3 Å². The summed E-state index contributed by atoms with van der Waals surface area (Å²) in [5.41, 5.74) is -1.77. The smallest absolute Gasteiger partial charge is 0.296 e. The second-order valence-electron chi connectivity index (χ2n) is 9.82. The van der Waals surface area contributed by atoms with Gasteiger partial charge in [-0.05, 0) is 48.9 Å². The Morgan fingerprint density at radius 3 is 2.21 bits per heavy atom. The van der Waals surface area contributed by atoms with Crippen LogP contribution in [0.2, 0.25) is 10.3 Å². The van der Waals surface area contributed by atoms with Crippen molar-refractivity contribution in [2.24, 2.45) is 15.3 Å². The molecule has 0 radical (unpaired) electrons. The molecule has 2 aliphatic rings. The Bertz CT molecular complexity index is 2210. The molecule has 3 heterocycles. The van der Waals surface area contributed by atoms with Crippen molar-refractivity contribution in [3.8, 4) is 0 Å². The zero-order valence-electron chi connectivity index (χ0n) is 24.0. The zero-order valence-corrected chi connectivity index (χ0v) is 27.9. The quantitative estimate of drug-likeness (QED) is 0.180. The van der Waals surface area contributed by atoms with Crippen molar-refractivity contribution >= 4 is 94.1 Å². The number of nitrogens with one attached hydrogen (secondary N) is 1. The SMILES string of the molecule is CC1=NN(c2cc(S(=O)(=O)O)ccc2Cl)C(=O)C1N=Nc1cc(S(=O)(=O)O)c(Nc2nc(Cl)nc(N3CCOCC3)n2)cc1S(=O)(=O)O. The van der Waals surface area contributed by atoms with Gasteiger partial charge in [0.1, 0.15) is 15.5 Å². The fraction of sp³-hybridized carbons (Fsp3) is 0.261. The van der Waals surface area contributed by atoms with Crippen LogP contribution in [0.25, 0.3) is 0 Å². The average Bonchev–Trinajstić information content (AvgIpc) is 3.27. The maximum absolute atomic E-state index is 13.2. The van der Waals surface area contributed by atoms with Crippen molar-refractivity contribution < 1.29 is 48.4 Å². The number of benzene rings is 2. The van der Waals surface area contributed by atoms with Crippen LogP contribution < -0.4 is 15.2 Å². The number of carbonyl (C=O) groups excluding carboxylic acids is 1. The monoisotopic (exact) mass is 765 g/mol. The van der Waals surface area contributed by atoms with Crippen molar-refractivity contribution in [3.63, 3.8) is 0 Å². The lowest BCUT2D eigenvalue weighted by Gasteiger charge is -2.26. The predicted molar refractivity (Wildman–Crippen MR) is 167 cm³/mol. The van der Waals surface area contributed by atoms with Crippen molar-refractivity contribution in [1.82, 2.24) is 15.0 Å². The molecule has 0 spiro atoms. The van der Waals surface area contributed by atoms with Crippen molar-refractivity contribution in [3.05, 3.63) is 40.6 Å². The number of morpholine rings is 1. The minimum atomic E-state index is -5.19. The summed E-state index contributed by atoms with van der Waals surface area (Å²) in [6, 6.07) is 2.51. The third-order valence-corrected chi connectivity index (χ3v) is 9.69. The molecule has 256 valence electrons. The van der Waals surface area contributed by atoms with Gasteiger partial charge in [-0.1, -0.05) is 11.6 Å². The largest absolute Gasteiger partial charge is 0.378 e. The topological polar surface area (TPSA) is 284 Å². The molecular weight excluding hydrogens is 745 g/mol. The summed E-state index contributed by atoms with van der Waals surface area (Å²) >= 11 is 12.1. The maximum atomic E-state index is 13.2. The first kappa shape index (κ1) is 35.4. The molecule has 25 heteroatoms. The molecule has 1 aromatic heterocycles. The summed E-state index contributed by atoms with van der Waals surface area (Å²) in [5, 5.41) is 14.1. The molecular formula is C23H21Cl2N9O11S3. The fourth-order valence-corrected chi connectivity index (χ4v) is 6.50. The standard InChI is InChI=1S/C23H21Cl2N9O11S3/c1-11-19(20(35)34(32-11)16-8-12(46(36,37)38)2-3-13(16)24)31-30-15-10-17(47(39,40)41)14(9-18(15)48(42,43)44)26-22-27-21(25)28-23(29-22)33-4-6-45-7-5-33/h2-3,8-10,19H,4-7H2,1H3,(H,36,37,38)(H,39,40,41)(H,42,43,44)(H,26,27,28,29). The Hall–Kier alpha value is -3.94. The molecule has 1 atom stereocenters. The van der Waals surface area contributed by atoms with Crippen LogP contribution in [0.1, 0.15) is 6.92 Å². The first-order valence-electron chi connectivity index (χ1n) is 13.0. The van der Waals surface area contributed by atoms with Gasteiger partial charge < -0.3 is 15.0 Å². The summed E-state index contributed by atoms with van der Waals surface area (Å²) < 4.78 is 107. The number of rotatable bonds is 9. The van der Waals surface area contributed by atoms with Crippen molar-refractivity contribution in [1.29, 1.82) is 0 Å². The minimum absolute atomic E-state index is 0.0541. The van der Waals surface area contributed by atoms with Crippen LogP contribution in [0.4, 0.5) is 29.0 Å². The first-order valence-corrected chi connectivity index (χ1v) is 18.1. The van der Waals surface area contributed by atoms with Crippen LogP contribution in [-0.2, 0) is 39.9 Å². The molecule has 1 fully saturated rings. The second-order valence-corrected chi connectivity index (χ2v) is 14.8. The van der Waals surface area contributed by atoms with E-state index in [0.29, 0.717) is 43.4 Å². The maximum Gasteiger partial charge on any atom is 0.296 e. The van der Waals surface area contributed by atoms with Crippen LogP contribution in [0.3, 0.4) is 0 Å². The molecule has 5 rings (SSSR count). The van der Waals surface area contributed by atoms with E-state index in [2.05, 4.69) is 35.6 Å². The van der Waals surface area contributed by atoms with E-state index >= 15 is 0 Å². The van der Waals surface area contributed by atoms with Gasteiger partial charge in [-0.25, -0.2) is 0 Å². The lowest BCUT2D eigenvalue weighted by atomic mass is 10.2. The average molecular weight is 767 g/mol. The molecule has 1 saturated heterocycles. The number of hydrazone groups is 1. The Morgan fingerprint density at radius 2 is 1.58 bits per heavy atom. The van der Waals surface area contributed by atoms with E-state index in [1.54, 1.807) is 4.90 Å². The van der Waals surface area contributed by atoms with E-state index in [1.807, 2.05) is 0 Å². The van der Waals surface area contributed by atoms with E-state index in [4.69, 9.17) is 27.9 Å². The van der Waals surface area contributed by atoms with Gasteiger partial charge in [0.2, 0.25) is 17.2 Å². The number of hydrogen-bond donors (Lipinski definition) is 4. The molecule has 2 aliphatic heterocycles. The molecule has 1 amide bonds. The van der Waals surface area contributed by atoms with Crippen LogP contribution in [0, 0.1) is 0 Å². The van der Waals surface area contributed by atoms with E-state index in [0.717, 1.165) is 18.2 Å². The Labute approximate surface area is 281 Å². The molecule has 48 heavy (non-hydrogen) atoms. The summed E-state index contributed by atoms with van der Waals surface area (Å²) in [5.74, 6) is -1.25. The first-order chi connectivity index (χ1) is 22.3. The van der Waals surface area contributed by atoms with Crippen molar-refractivity contribution in [2.45, 2.75) is 27.7 Å². The number of ether oxygens (including phenoxy) is 1. The Kier molecular flexibility index (Phi) is 9.70. The van der Waals surface area contributed by atoms with E-state index in [1.165, 1.54) is 6.92 Å². The van der Waals surface area contributed by atoms with Gasteiger partial charge in [0.05, 0.1) is 40.2 Å². The summed E-state index contributed by atoms with van der Waals surface area (Å²) in [4.78, 5) is 24.4. The normalized spacial score (nSPS) is 17.7. The predicted octanol–water partition coefficient (Wildman–Crippen LogP) is 2.37. The highest BCUT2D eigenvalue weighted by Gasteiger charge is 2.36. The van der Waals surface area contributed by atoms with E-state index < -0.39 is 68.4 Å². The lowest BCUT2D eigenvalue weighted by Crippen LogP contribution is -2.37. The number of carbonyl (C=O) groups is 1. The molecule has 4 N–H and O–H groups in total. The van der Waals surface area contributed by atoms with Gasteiger partial charge in [-0.15, -0.1) is 0 Å². The summed E-state index contributed by atoms with van der Waals surface area (Å²) in [7, 11) is -15.0. The summed E-state index contributed by atoms with van der Waals surface area (Å²) in [6.07, 6.45) is 0. The number of aromatic nitrogens is 3. The third-order valence-electron chi connectivity index (χ3n) is 6.57. The number of anilines is 4. The van der Waals surface area contributed by atoms with E-state index in [9.17, 15) is 43.7 Å². The molecule has 1 unspecified atom stereocenters. The van der Waals surface area contributed by atoms with Gasteiger partial charge in [-0.2, -0.15) is 60.5 Å². The highest BCUT2D eigenvalue weighted by atomic mass is 35.5. The van der Waals surface area contributed by atoms with E-state index in [-0.39, 0.29) is 33.6 Å². The molecule has 0 aliphatic carbocycles. The fourth-order valence-electron chi connectivity index (χ4n) is 4.36. The number of hydrogen-bond acceptors (Lipinski definition) is 16. The second kappa shape index (κ2) is 13.2.